The van der Waals surface area contributed by atoms with Gasteiger partial charge in [0, 0.05) is 32.1 Å². The summed E-state index contributed by atoms with van der Waals surface area (Å²) in [5.74, 6) is 0.507. The minimum absolute atomic E-state index is 0. The van der Waals surface area contributed by atoms with Crippen molar-refractivity contribution in [2.24, 2.45) is 5.92 Å². The van der Waals surface area contributed by atoms with Crippen molar-refractivity contribution in [1.29, 1.82) is 0 Å². The number of carbonyl (C=O) groups excluding carboxylic acids is 2. The fourth-order valence-corrected chi connectivity index (χ4v) is 3.84. The van der Waals surface area contributed by atoms with Crippen LogP contribution in [0.2, 0.25) is 0 Å². The number of piperidine rings is 2. The van der Waals surface area contributed by atoms with E-state index in [1.54, 1.807) is 0 Å². The van der Waals surface area contributed by atoms with Crippen LogP contribution in [0.3, 0.4) is 0 Å². The molecule has 2 saturated heterocycles. The van der Waals surface area contributed by atoms with Gasteiger partial charge in [0.1, 0.15) is 0 Å². The van der Waals surface area contributed by atoms with Gasteiger partial charge in [-0.1, -0.05) is 13.8 Å². The Kier molecular flexibility index (Phi) is 9.67. The summed E-state index contributed by atoms with van der Waals surface area (Å²) in [6.07, 6.45) is 6.48. The molecule has 2 rings (SSSR count). The summed E-state index contributed by atoms with van der Waals surface area (Å²) in [4.78, 5) is 29.3. The number of nitrogens with one attached hydrogen (secondary N) is 1. The molecule has 2 fully saturated rings. The van der Waals surface area contributed by atoms with Crippen LogP contribution in [-0.2, 0) is 9.59 Å². The first-order valence-electron chi connectivity index (χ1n) is 9.46. The molecule has 140 valence electrons. The molecule has 24 heavy (non-hydrogen) atoms. The Morgan fingerprint density at radius 1 is 1.12 bits per heavy atom. The van der Waals surface area contributed by atoms with E-state index >= 15 is 0 Å². The van der Waals surface area contributed by atoms with E-state index in [4.69, 9.17) is 0 Å². The summed E-state index contributed by atoms with van der Waals surface area (Å²) in [7, 11) is 0. The van der Waals surface area contributed by atoms with E-state index in [9.17, 15) is 9.59 Å². The lowest BCUT2D eigenvalue weighted by molar-refractivity contribution is -0.143. The molecule has 0 aromatic rings. The van der Waals surface area contributed by atoms with Crippen molar-refractivity contribution in [3.63, 3.8) is 0 Å². The van der Waals surface area contributed by atoms with Crippen LogP contribution in [0, 0.1) is 5.92 Å². The van der Waals surface area contributed by atoms with Crippen LogP contribution in [0.5, 0.6) is 0 Å². The van der Waals surface area contributed by atoms with E-state index in [1.165, 1.54) is 0 Å². The molecule has 2 heterocycles. The highest BCUT2D eigenvalue weighted by Gasteiger charge is 2.33. The van der Waals surface area contributed by atoms with Gasteiger partial charge in [0.15, 0.2) is 0 Å². The van der Waals surface area contributed by atoms with E-state index < -0.39 is 0 Å². The summed E-state index contributed by atoms with van der Waals surface area (Å²) >= 11 is 0. The first-order chi connectivity index (χ1) is 11.2. The van der Waals surface area contributed by atoms with Gasteiger partial charge in [-0.15, -0.1) is 12.4 Å². The lowest BCUT2D eigenvalue weighted by Gasteiger charge is -2.39. The SMILES string of the molecule is CCCC(=O)N1CCCC(C(=O)N(CCC)C2CCNCC2)C1.Cl. The molecule has 1 atom stereocenters. The smallest absolute Gasteiger partial charge is 0.227 e. The maximum atomic E-state index is 13.1. The monoisotopic (exact) mass is 359 g/mol. The fourth-order valence-electron chi connectivity index (χ4n) is 3.84. The molecule has 0 radical (unpaired) electrons. The Bertz CT molecular complexity index is 400. The van der Waals surface area contributed by atoms with Crippen LogP contribution in [0.25, 0.3) is 0 Å². The maximum Gasteiger partial charge on any atom is 0.227 e. The van der Waals surface area contributed by atoms with Gasteiger partial charge < -0.3 is 15.1 Å². The molecule has 2 aliphatic rings. The summed E-state index contributed by atoms with van der Waals surface area (Å²) < 4.78 is 0. The predicted octanol–water partition coefficient (Wildman–Crippen LogP) is 2.44. The predicted molar refractivity (Wildman–Crippen MR) is 99.4 cm³/mol. The number of amides is 2. The van der Waals surface area contributed by atoms with Gasteiger partial charge in [-0.3, -0.25) is 9.59 Å². The highest BCUT2D eigenvalue weighted by Crippen LogP contribution is 2.23. The van der Waals surface area contributed by atoms with E-state index in [1.807, 2.05) is 11.8 Å². The van der Waals surface area contributed by atoms with Gasteiger partial charge in [-0.2, -0.15) is 0 Å². The number of rotatable bonds is 6. The van der Waals surface area contributed by atoms with Crippen LogP contribution in [0.1, 0.15) is 58.8 Å². The third kappa shape index (κ3) is 5.62. The lowest BCUT2D eigenvalue weighted by atomic mass is 9.94. The second-order valence-corrected chi connectivity index (χ2v) is 6.94. The van der Waals surface area contributed by atoms with Crippen LogP contribution in [0.4, 0.5) is 0 Å². The van der Waals surface area contributed by atoms with Gasteiger partial charge in [0.05, 0.1) is 5.92 Å². The number of hydrogen-bond acceptors (Lipinski definition) is 3. The number of halogens is 1. The molecule has 1 N–H and O–H groups in total. The number of hydrogen-bond donors (Lipinski definition) is 1. The van der Waals surface area contributed by atoms with E-state index in [2.05, 4.69) is 17.1 Å². The molecule has 5 nitrogen and oxygen atoms in total. The van der Waals surface area contributed by atoms with E-state index in [-0.39, 0.29) is 30.1 Å². The van der Waals surface area contributed by atoms with Gasteiger partial charge >= 0.3 is 0 Å². The molecule has 0 spiro atoms. The Morgan fingerprint density at radius 3 is 2.46 bits per heavy atom. The van der Waals surface area contributed by atoms with Crippen LogP contribution >= 0.6 is 12.4 Å². The average molecular weight is 360 g/mol. The van der Waals surface area contributed by atoms with Crippen molar-refractivity contribution in [1.82, 2.24) is 15.1 Å². The number of nitrogens with zero attached hydrogens (tertiary/aromatic N) is 2. The normalized spacial score (nSPS) is 21.9. The molecular weight excluding hydrogens is 326 g/mol. The highest BCUT2D eigenvalue weighted by atomic mass is 35.5. The van der Waals surface area contributed by atoms with Gasteiger partial charge in [0.25, 0.3) is 0 Å². The Hall–Kier alpha value is -0.810. The zero-order chi connectivity index (χ0) is 16.7. The van der Waals surface area contributed by atoms with Crippen molar-refractivity contribution >= 4 is 24.2 Å². The quantitative estimate of drug-likeness (QED) is 0.792. The summed E-state index contributed by atoms with van der Waals surface area (Å²) in [5.41, 5.74) is 0. The van der Waals surface area contributed by atoms with Crippen molar-refractivity contribution in [2.75, 3.05) is 32.7 Å². The van der Waals surface area contributed by atoms with Crippen molar-refractivity contribution in [3.8, 4) is 0 Å². The highest BCUT2D eigenvalue weighted by molar-refractivity contribution is 5.85. The summed E-state index contributed by atoms with van der Waals surface area (Å²) in [6.45, 7) is 8.48. The summed E-state index contributed by atoms with van der Waals surface area (Å²) in [5, 5.41) is 3.38. The van der Waals surface area contributed by atoms with Crippen LogP contribution in [0.15, 0.2) is 0 Å². The standard InChI is InChI=1S/C18H33N3O2.ClH/c1-3-6-17(22)20-13-5-7-15(14-20)18(23)21(12-4-2)16-8-10-19-11-9-16;/h15-16,19H,3-14H2,1-2H3;1H. The van der Waals surface area contributed by atoms with E-state index in [0.717, 1.165) is 64.7 Å². The second kappa shape index (κ2) is 10.9. The molecule has 0 saturated carbocycles. The fraction of sp³-hybridized carbons (Fsp3) is 0.889. The molecule has 2 aliphatic heterocycles. The Morgan fingerprint density at radius 2 is 1.83 bits per heavy atom. The maximum absolute atomic E-state index is 13.1. The van der Waals surface area contributed by atoms with Crippen LogP contribution in [-0.4, -0.2) is 60.4 Å². The number of carbonyl (C=O) groups is 2. The first kappa shape index (κ1) is 21.2. The lowest BCUT2D eigenvalue weighted by Crippen LogP contribution is -2.52. The Labute approximate surface area is 152 Å². The molecule has 0 bridgehead atoms. The largest absolute Gasteiger partial charge is 0.342 e. The second-order valence-electron chi connectivity index (χ2n) is 6.94. The molecule has 1 unspecified atom stereocenters. The summed E-state index contributed by atoms with van der Waals surface area (Å²) in [6, 6.07) is 0.380. The average Bonchev–Trinajstić information content (AvgIpc) is 2.60. The molecule has 6 heteroatoms. The third-order valence-corrected chi connectivity index (χ3v) is 5.08. The topological polar surface area (TPSA) is 52.7 Å². The van der Waals surface area contributed by atoms with Gasteiger partial charge in [-0.25, -0.2) is 0 Å². The molecule has 0 aromatic heterocycles. The van der Waals surface area contributed by atoms with Crippen molar-refractivity contribution < 1.29 is 9.59 Å². The molecule has 0 aromatic carbocycles. The molecular formula is C18H34ClN3O2. The third-order valence-electron chi connectivity index (χ3n) is 5.08. The number of likely N-dealkylation sites (tertiary alicyclic amines) is 1. The minimum Gasteiger partial charge on any atom is -0.342 e. The zero-order valence-electron chi connectivity index (χ0n) is 15.3. The van der Waals surface area contributed by atoms with Crippen molar-refractivity contribution in [3.05, 3.63) is 0 Å². The zero-order valence-corrected chi connectivity index (χ0v) is 16.1. The van der Waals surface area contributed by atoms with Crippen LogP contribution < -0.4 is 5.32 Å². The molecule has 0 aliphatic carbocycles. The van der Waals surface area contributed by atoms with E-state index in [0.29, 0.717) is 19.0 Å². The Balaban J connectivity index is 0.00000288. The van der Waals surface area contributed by atoms with Gasteiger partial charge in [-0.05, 0) is 51.6 Å². The van der Waals surface area contributed by atoms with Crippen molar-refractivity contribution in [2.45, 2.75) is 64.8 Å². The molecule has 2 amide bonds. The first-order valence-corrected chi connectivity index (χ1v) is 9.46. The minimum atomic E-state index is 0. The van der Waals surface area contributed by atoms with Gasteiger partial charge in [0.2, 0.25) is 11.8 Å².